The van der Waals surface area contributed by atoms with E-state index in [1.807, 2.05) is 6.07 Å². The zero-order chi connectivity index (χ0) is 17.7. The van der Waals surface area contributed by atoms with Crippen LogP contribution in [0.4, 0.5) is 0 Å². The van der Waals surface area contributed by atoms with Crippen LogP contribution in [0.3, 0.4) is 0 Å². The number of piperidine rings is 1. The van der Waals surface area contributed by atoms with E-state index in [-0.39, 0.29) is 24.9 Å². The molecule has 132 valence electrons. The molecule has 0 radical (unpaired) electrons. The normalized spacial score (nSPS) is 17.6. The Hall–Kier alpha value is -1.60. The van der Waals surface area contributed by atoms with Crippen molar-refractivity contribution in [1.29, 1.82) is 0 Å². The largest absolute Gasteiger partial charge is 0.481 e. The number of carboxylic acids is 1. The number of carbonyl (C=O) groups is 3. The lowest BCUT2D eigenvalue weighted by atomic mass is 9.98. The number of rotatable bonds is 6. The number of likely N-dealkylation sites (tertiary alicyclic amines) is 1. The predicted molar refractivity (Wildman–Crippen MR) is 92.2 cm³/mol. The van der Waals surface area contributed by atoms with E-state index in [9.17, 15) is 14.4 Å². The number of thiophene rings is 1. The fraction of sp³-hybridized carbons (Fsp3) is 0.562. The summed E-state index contributed by atoms with van der Waals surface area (Å²) in [7, 11) is 1.60. The highest BCUT2D eigenvalue weighted by Gasteiger charge is 2.28. The van der Waals surface area contributed by atoms with Crippen LogP contribution in [-0.4, -0.2) is 59.4 Å². The van der Waals surface area contributed by atoms with Crippen molar-refractivity contribution in [2.75, 3.05) is 26.7 Å². The fourth-order valence-electron chi connectivity index (χ4n) is 2.70. The second-order valence-electron chi connectivity index (χ2n) is 5.97. The van der Waals surface area contributed by atoms with Gasteiger partial charge in [-0.2, -0.15) is 0 Å². The number of amides is 2. The molecule has 1 aliphatic rings. The van der Waals surface area contributed by atoms with Gasteiger partial charge in [0.1, 0.15) is 0 Å². The van der Waals surface area contributed by atoms with Crippen LogP contribution in [0.2, 0.25) is 4.34 Å². The van der Waals surface area contributed by atoms with Crippen LogP contribution in [0.1, 0.15) is 24.1 Å². The van der Waals surface area contributed by atoms with E-state index >= 15 is 0 Å². The Morgan fingerprint density at radius 2 is 2.17 bits per heavy atom. The van der Waals surface area contributed by atoms with Crippen molar-refractivity contribution in [3.63, 3.8) is 0 Å². The van der Waals surface area contributed by atoms with Gasteiger partial charge in [0, 0.05) is 31.4 Å². The summed E-state index contributed by atoms with van der Waals surface area (Å²) in [4.78, 5) is 39.5. The molecule has 1 aromatic rings. The van der Waals surface area contributed by atoms with Gasteiger partial charge in [-0.05, 0) is 31.4 Å². The van der Waals surface area contributed by atoms with Crippen molar-refractivity contribution in [3.8, 4) is 0 Å². The van der Waals surface area contributed by atoms with Gasteiger partial charge in [0.25, 0.3) is 0 Å². The summed E-state index contributed by atoms with van der Waals surface area (Å²) in [5.41, 5.74) is 0. The van der Waals surface area contributed by atoms with Gasteiger partial charge in [-0.3, -0.25) is 14.4 Å². The number of aliphatic carboxylic acids is 1. The monoisotopic (exact) mass is 372 g/mol. The van der Waals surface area contributed by atoms with Gasteiger partial charge in [0.15, 0.2) is 0 Å². The average Bonchev–Trinajstić information content (AvgIpc) is 2.98. The Balaban J connectivity index is 1.79. The zero-order valence-corrected chi connectivity index (χ0v) is 15.1. The third-order valence-corrected chi connectivity index (χ3v) is 5.43. The lowest BCUT2D eigenvalue weighted by Crippen LogP contribution is -2.46. The second-order valence-corrected chi connectivity index (χ2v) is 7.77. The van der Waals surface area contributed by atoms with E-state index in [2.05, 4.69) is 0 Å². The third-order valence-electron chi connectivity index (χ3n) is 4.14. The number of aryl methyl sites for hydroxylation is 1. The molecule has 1 aromatic heterocycles. The van der Waals surface area contributed by atoms with E-state index in [4.69, 9.17) is 16.7 Å². The number of carbonyl (C=O) groups excluding carboxylic acids is 2. The smallest absolute Gasteiger partial charge is 0.308 e. The highest BCUT2D eigenvalue weighted by molar-refractivity contribution is 7.16. The van der Waals surface area contributed by atoms with E-state index in [0.29, 0.717) is 36.6 Å². The number of halogens is 1. The Kier molecular flexibility index (Phi) is 6.62. The number of hydrogen-bond acceptors (Lipinski definition) is 4. The topological polar surface area (TPSA) is 77.9 Å². The van der Waals surface area contributed by atoms with Crippen LogP contribution >= 0.6 is 22.9 Å². The molecule has 1 saturated heterocycles. The zero-order valence-electron chi connectivity index (χ0n) is 13.5. The fourth-order valence-corrected chi connectivity index (χ4v) is 3.79. The lowest BCUT2D eigenvalue weighted by molar-refractivity contribution is -0.147. The minimum absolute atomic E-state index is 0.0175. The molecule has 0 bridgehead atoms. The SMILES string of the molecule is CN(CC(=O)N1CCCC(C(=O)O)C1)C(=O)CCc1ccc(Cl)s1. The third kappa shape index (κ3) is 5.21. The van der Waals surface area contributed by atoms with Gasteiger partial charge in [-0.25, -0.2) is 0 Å². The minimum atomic E-state index is -0.869. The van der Waals surface area contributed by atoms with Gasteiger partial charge in [0.05, 0.1) is 16.8 Å². The van der Waals surface area contributed by atoms with E-state index < -0.39 is 11.9 Å². The number of carboxylic acid groups (broad SMARTS) is 1. The molecule has 1 fully saturated rings. The molecule has 6 nitrogen and oxygen atoms in total. The van der Waals surface area contributed by atoms with Crippen LogP contribution < -0.4 is 0 Å². The molecule has 24 heavy (non-hydrogen) atoms. The molecular formula is C16H21ClN2O4S. The van der Waals surface area contributed by atoms with Gasteiger partial charge in [0.2, 0.25) is 11.8 Å². The quantitative estimate of drug-likeness (QED) is 0.829. The highest BCUT2D eigenvalue weighted by Crippen LogP contribution is 2.22. The Labute approximate surface area is 150 Å². The molecule has 1 unspecified atom stereocenters. The summed E-state index contributed by atoms with van der Waals surface area (Å²) >= 11 is 7.30. The summed E-state index contributed by atoms with van der Waals surface area (Å²) in [6.07, 6.45) is 2.19. The van der Waals surface area contributed by atoms with Crippen LogP contribution in [-0.2, 0) is 20.8 Å². The standard InChI is InChI=1S/C16H21ClN2O4S/c1-18(14(20)7-5-12-4-6-13(17)24-12)10-15(21)19-8-2-3-11(9-19)16(22)23/h4,6,11H,2-3,5,7-10H2,1H3,(H,22,23). The molecule has 1 atom stereocenters. The second kappa shape index (κ2) is 8.48. The first-order valence-corrected chi connectivity index (χ1v) is 9.05. The highest BCUT2D eigenvalue weighted by atomic mass is 35.5. The summed E-state index contributed by atoms with van der Waals surface area (Å²) in [5, 5.41) is 9.08. The average molecular weight is 373 g/mol. The molecule has 1 N–H and O–H groups in total. The van der Waals surface area contributed by atoms with Crippen LogP contribution in [0.15, 0.2) is 12.1 Å². The first kappa shape index (κ1) is 18.7. The molecule has 8 heteroatoms. The van der Waals surface area contributed by atoms with Gasteiger partial charge < -0.3 is 14.9 Å². The molecule has 0 saturated carbocycles. The Morgan fingerprint density at radius 3 is 2.79 bits per heavy atom. The Bertz CT molecular complexity index is 619. The summed E-state index contributed by atoms with van der Waals surface area (Å²) in [6, 6.07) is 3.69. The van der Waals surface area contributed by atoms with E-state index in [1.165, 1.54) is 16.2 Å². The molecular weight excluding hydrogens is 352 g/mol. The Morgan fingerprint density at radius 1 is 1.42 bits per heavy atom. The molecule has 0 aromatic carbocycles. The molecule has 0 spiro atoms. The number of hydrogen-bond donors (Lipinski definition) is 1. The van der Waals surface area contributed by atoms with Crippen LogP contribution in [0, 0.1) is 5.92 Å². The van der Waals surface area contributed by atoms with Crippen molar-refractivity contribution in [1.82, 2.24) is 9.80 Å². The molecule has 2 heterocycles. The molecule has 2 amide bonds. The molecule has 1 aliphatic heterocycles. The first-order valence-electron chi connectivity index (χ1n) is 7.85. The van der Waals surface area contributed by atoms with Crippen molar-refractivity contribution >= 4 is 40.7 Å². The van der Waals surface area contributed by atoms with Gasteiger partial charge in [-0.1, -0.05) is 11.6 Å². The van der Waals surface area contributed by atoms with Crippen molar-refractivity contribution in [2.24, 2.45) is 5.92 Å². The van der Waals surface area contributed by atoms with Gasteiger partial charge in [-0.15, -0.1) is 11.3 Å². The van der Waals surface area contributed by atoms with E-state index in [1.54, 1.807) is 18.0 Å². The van der Waals surface area contributed by atoms with Crippen LogP contribution in [0.25, 0.3) is 0 Å². The van der Waals surface area contributed by atoms with Crippen molar-refractivity contribution < 1.29 is 19.5 Å². The predicted octanol–water partition coefficient (Wildman–Crippen LogP) is 2.12. The number of nitrogens with zero attached hydrogens (tertiary/aromatic N) is 2. The lowest BCUT2D eigenvalue weighted by Gasteiger charge is -2.32. The summed E-state index contributed by atoms with van der Waals surface area (Å²) in [6.45, 7) is 0.762. The maximum absolute atomic E-state index is 12.3. The minimum Gasteiger partial charge on any atom is -0.481 e. The van der Waals surface area contributed by atoms with Gasteiger partial charge >= 0.3 is 5.97 Å². The summed E-state index contributed by atoms with van der Waals surface area (Å²) < 4.78 is 0.694. The van der Waals surface area contributed by atoms with Crippen molar-refractivity contribution in [2.45, 2.75) is 25.7 Å². The number of likely N-dealkylation sites (N-methyl/N-ethyl adjacent to an activating group) is 1. The maximum atomic E-state index is 12.3. The molecule has 2 rings (SSSR count). The molecule has 0 aliphatic carbocycles. The van der Waals surface area contributed by atoms with E-state index in [0.717, 1.165) is 4.88 Å². The van der Waals surface area contributed by atoms with Crippen molar-refractivity contribution in [3.05, 3.63) is 21.3 Å². The maximum Gasteiger partial charge on any atom is 0.308 e. The first-order chi connectivity index (χ1) is 11.4. The summed E-state index contributed by atoms with van der Waals surface area (Å²) in [5.74, 6) is -1.69. The van der Waals surface area contributed by atoms with Crippen LogP contribution in [0.5, 0.6) is 0 Å².